The van der Waals surface area contributed by atoms with Gasteiger partial charge in [0.2, 0.25) is 5.91 Å². The highest BCUT2D eigenvalue weighted by atomic mass is 79.9. The summed E-state index contributed by atoms with van der Waals surface area (Å²) in [7, 11) is 0. The maximum atomic E-state index is 11.9. The van der Waals surface area contributed by atoms with E-state index in [2.05, 4.69) is 31.5 Å². The van der Waals surface area contributed by atoms with E-state index < -0.39 is 0 Å². The second-order valence-electron chi connectivity index (χ2n) is 4.78. The van der Waals surface area contributed by atoms with Crippen molar-refractivity contribution in [2.75, 3.05) is 5.32 Å². The number of benzene rings is 1. The molecule has 2 aromatic rings. The average molecular weight is 340 g/mol. The lowest BCUT2D eigenvalue weighted by molar-refractivity contribution is -0.121. The van der Waals surface area contributed by atoms with Crippen molar-refractivity contribution in [2.24, 2.45) is 0 Å². The van der Waals surface area contributed by atoms with Crippen molar-refractivity contribution in [2.45, 2.75) is 31.8 Å². The molecule has 2 N–H and O–H groups in total. The molecule has 0 spiro atoms. The number of amides is 1. The maximum Gasteiger partial charge on any atom is 0.242 e. The minimum absolute atomic E-state index is 0.0444. The highest BCUT2D eigenvalue weighted by molar-refractivity contribution is 9.10. The van der Waals surface area contributed by atoms with Gasteiger partial charge in [0.25, 0.3) is 0 Å². The van der Waals surface area contributed by atoms with Crippen LogP contribution in [0.4, 0.5) is 5.13 Å². The summed E-state index contributed by atoms with van der Waals surface area (Å²) in [5.74, 6) is 0.0444. The van der Waals surface area contributed by atoms with E-state index in [1.54, 1.807) is 11.3 Å². The van der Waals surface area contributed by atoms with Crippen molar-refractivity contribution < 1.29 is 4.79 Å². The van der Waals surface area contributed by atoms with E-state index in [4.69, 9.17) is 0 Å². The number of hydrogen-bond acceptors (Lipinski definition) is 4. The number of thiazole rings is 1. The van der Waals surface area contributed by atoms with Crippen LogP contribution in [0.3, 0.4) is 0 Å². The third-order valence-corrected chi connectivity index (χ3v) is 4.47. The first-order chi connectivity index (χ1) is 9.11. The fraction of sp³-hybridized carbons (Fsp3) is 0.385. The van der Waals surface area contributed by atoms with Gasteiger partial charge in [-0.1, -0.05) is 27.3 Å². The number of hydrogen-bond donors (Lipinski definition) is 2. The van der Waals surface area contributed by atoms with Gasteiger partial charge in [-0.2, -0.15) is 0 Å². The first-order valence-corrected chi connectivity index (χ1v) is 7.86. The summed E-state index contributed by atoms with van der Waals surface area (Å²) >= 11 is 4.99. The number of fused-ring (bicyclic) bond motifs is 1. The molecule has 0 saturated heterocycles. The molecule has 3 rings (SSSR count). The Morgan fingerprint density at radius 3 is 3.05 bits per heavy atom. The summed E-state index contributed by atoms with van der Waals surface area (Å²) in [6.45, 7) is 1.86. The monoisotopic (exact) mass is 339 g/mol. The number of nitrogens with one attached hydrogen (secondary N) is 2. The fourth-order valence-electron chi connectivity index (χ4n) is 1.77. The van der Waals surface area contributed by atoms with Gasteiger partial charge in [0.15, 0.2) is 5.13 Å². The van der Waals surface area contributed by atoms with Gasteiger partial charge >= 0.3 is 0 Å². The molecule has 1 amide bonds. The molecular weight excluding hydrogens is 326 g/mol. The van der Waals surface area contributed by atoms with Crippen LogP contribution in [0.2, 0.25) is 0 Å². The van der Waals surface area contributed by atoms with Crippen LogP contribution in [-0.4, -0.2) is 23.0 Å². The van der Waals surface area contributed by atoms with Crippen molar-refractivity contribution in [1.82, 2.24) is 10.3 Å². The van der Waals surface area contributed by atoms with Crippen molar-refractivity contribution in [3.8, 4) is 0 Å². The summed E-state index contributed by atoms with van der Waals surface area (Å²) in [5, 5.41) is 6.93. The molecular formula is C13H14BrN3OS. The van der Waals surface area contributed by atoms with E-state index in [1.807, 2.05) is 25.1 Å². The molecule has 1 heterocycles. The Kier molecular flexibility index (Phi) is 3.45. The number of anilines is 1. The standard InChI is InChI=1S/C13H14BrN3OS/c1-7(12(18)16-9-3-4-9)15-13-17-10-6-8(14)2-5-11(10)19-13/h2,5-7,9H,3-4H2,1H3,(H,15,17)(H,16,18). The average Bonchev–Trinajstić information content (AvgIpc) is 3.08. The summed E-state index contributed by atoms with van der Waals surface area (Å²) in [6, 6.07) is 6.13. The van der Waals surface area contributed by atoms with Crippen molar-refractivity contribution in [3.05, 3.63) is 22.7 Å². The van der Waals surface area contributed by atoms with Crippen molar-refractivity contribution in [3.63, 3.8) is 0 Å². The van der Waals surface area contributed by atoms with Crippen LogP contribution < -0.4 is 10.6 Å². The second-order valence-corrected chi connectivity index (χ2v) is 6.73. The quantitative estimate of drug-likeness (QED) is 0.899. The van der Waals surface area contributed by atoms with E-state index in [1.165, 1.54) is 0 Å². The second kappa shape index (κ2) is 5.09. The molecule has 1 aliphatic rings. The summed E-state index contributed by atoms with van der Waals surface area (Å²) < 4.78 is 2.12. The number of rotatable bonds is 4. The Bertz CT molecular complexity index is 623. The van der Waals surface area contributed by atoms with Gasteiger partial charge in [-0.25, -0.2) is 4.98 Å². The summed E-state index contributed by atoms with van der Waals surface area (Å²) in [6.07, 6.45) is 2.21. The van der Waals surface area contributed by atoms with Gasteiger partial charge in [-0.05, 0) is 38.0 Å². The fourth-order valence-corrected chi connectivity index (χ4v) is 3.05. The van der Waals surface area contributed by atoms with E-state index in [0.717, 1.165) is 32.7 Å². The minimum Gasteiger partial charge on any atom is -0.352 e. The van der Waals surface area contributed by atoms with Gasteiger partial charge < -0.3 is 10.6 Å². The molecule has 1 aromatic carbocycles. The van der Waals surface area contributed by atoms with Gasteiger partial charge in [-0.15, -0.1) is 0 Å². The third kappa shape index (κ3) is 3.06. The lowest BCUT2D eigenvalue weighted by Crippen LogP contribution is -2.38. The van der Waals surface area contributed by atoms with Crippen LogP contribution in [-0.2, 0) is 4.79 Å². The predicted molar refractivity (Wildman–Crippen MR) is 81.6 cm³/mol. The largest absolute Gasteiger partial charge is 0.352 e. The molecule has 1 aromatic heterocycles. The van der Waals surface area contributed by atoms with Crippen molar-refractivity contribution in [1.29, 1.82) is 0 Å². The highest BCUT2D eigenvalue weighted by Gasteiger charge is 2.25. The van der Waals surface area contributed by atoms with E-state index in [0.29, 0.717) is 6.04 Å². The van der Waals surface area contributed by atoms with E-state index >= 15 is 0 Å². The summed E-state index contributed by atoms with van der Waals surface area (Å²) in [4.78, 5) is 16.4. The van der Waals surface area contributed by atoms with Crippen LogP contribution in [0.15, 0.2) is 22.7 Å². The topological polar surface area (TPSA) is 54.0 Å². The molecule has 1 aliphatic carbocycles. The molecule has 0 bridgehead atoms. The Morgan fingerprint density at radius 1 is 1.53 bits per heavy atom. The minimum atomic E-state index is -0.260. The summed E-state index contributed by atoms with van der Waals surface area (Å²) in [5.41, 5.74) is 0.941. The number of nitrogens with zero attached hydrogens (tertiary/aromatic N) is 1. The zero-order valence-electron chi connectivity index (χ0n) is 10.4. The Labute approximate surface area is 123 Å². The lowest BCUT2D eigenvalue weighted by atomic mass is 10.3. The maximum absolute atomic E-state index is 11.9. The molecule has 19 heavy (non-hydrogen) atoms. The first kappa shape index (κ1) is 12.9. The molecule has 1 saturated carbocycles. The van der Waals surface area contributed by atoms with E-state index in [-0.39, 0.29) is 11.9 Å². The third-order valence-electron chi connectivity index (χ3n) is 3.01. The van der Waals surface area contributed by atoms with Gasteiger partial charge in [0, 0.05) is 10.5 Å². The Hall–Kier alpha value is -1.14. The van der Waals surface area contributed by atoms with Crippen LogP contribution in [0.5, 0.6) is 0 Å². The number of halogens is 1. The lowest BCUT2D eigenvalue weighted by Gasteiger charge is -2.12. The molecule has 1 atom stereocenters. The Balaban J connectivity index is 1.71. The predicted octanol–water partition coefficient (Wildman–Crippen LogP) is 3.14. The van der Waals surface area contributed by atoms with Crippen molar-refractivity contribution >= 4 is 48.5 Å². The molecule has 0 radical (unpaired) electrons. The van der Waals surface area contributed by atoms with Gasteiger partial charge in [-0.3, -0.25) is 4.79 Å². The smallest absolute Gasteiger partial charge is 0.242 e. The molecule has 1 unspecified atom stereocenters. The zero-order valence-corrected chi connectivity index (χ0v) is 12.8. The van der Waals surface area contributed by atoms with Crippen LogP contribution in [0.1, 0.15) is 19.8 Å². The van der Waals surface area contributed by atoms with Crippen LogP contribution in [0, 0.1) is 0 Å². The van der Waals surface area contributed by atoms with Gasteiger partial charge in [0.1, 0.15) is 6.04 Å². The molecule has 0 aliphatic heterocycles. The number of aromatic nitrogens is 1. The van der Waals surface area contributed by atoms with Crippen LogP contribution in [0.25, 0.3) is 10.2 Å². The molecule has 1 fully saturated rings. The normalized spacial score (nSPS) is 16.3. The Morgan fingerprint density at radius 2 is 2.32 bits per heavy atom. The highest BCUT2D eigenvalue weighted by Crippen LogP contribution is 2.28. The van der Waals surface area contributed by atoms with Crippen LogP contribution >= 0.6 is 27.3 Å². The zero-order chi connectivity index (χ0) is 13.4. The molecule has 100 valence electrons. The number of carbonyl (C=O) groups excluding carboxylic acids is 1. The van der Waals surface area contributed by atoms with Gasteiger partial charge in [0.05, 0.1) is 10.2 Å². The molecule has 4 nitrogen and oxygen atoms in total. The SMILES string of the molecule is CC(Nc1nc2cc(Br)ccc2s1)C(=O)NC1CC1. The first-order valence-electron chi connectivity index (χ1n) is 6.25. The van der Waals surface area contributed by atoms with E-state index in [9.17, 15) is 4.79 Å². The molecule has 6 heteroatoms. The number of carbonyl (C=O) groups is 1.